The van der Waals surface area contributed by atoms with Crippen LogP contribution in [0.5, 0.6) is 0 Å². The number of fused-ring (bicyclic) bond motifs is 1. The molecule has 4 aromatic rings. The number of benzene rings is 2. The maximum atomic E-state index is 4.81. The number of nitrogens with zero attached hydrogens (tertiary/aromatic N) is 3. The molecule has 4 nitrogen and oxygen atoms in total. The smallest absolute Gasteiger partial charge is 0.165 e. The molecule has 0 fully saturated rings. The summed E-state index contributed by atoms with van der Waals surface area (Å²) >= 11 is 0. The monoisotopic (exact) mass is 370 g/mol. The van der Waals surface area contributed by atoms with Crippen LogP contribution in [0.15, 0.2) is 67.0 Å². The Morgan fingerprint density at radius 1 is 0.964 bits per heavy atom. The third-order valence-corrected chi connectivity index (χ3v) is 5.04. The zero-order valence-electron chi connectivity index (χ0n) is 16.9. The normalized spacial score (nSPS) is 11.7. The van der Waals surface area contributed by atoms with E-state index in [-0.39, 0.29) is 5.41 Å². The Labute approximate surface area is 166 Å². The molecule has 28 heavy (non-hydrogen) atoms. The standard InChI is InChI=1S/C24H26N4/c1-17-22(26-16-18-8-6-5-7-9-18)28-15-14-25-21(23(28)27-17)19-10-12-20(13-11-19)24(2,3)4/h5-15,26H,16H2,1-4H3. The molecule has 0 spiro atoms. The van der Waals surface area contributed by atoms with E-state index in [0.717, 1.165) is 35.0 Å². The van der Waals surface area contributed by atoms with Crippen molar-refractivity contribution in [3.8, 4) is 11.3 Å². The maximum absolute atomic E-state index is 4.81. The van der Waals surface area contributed by atoms with Crippen molar-refractivity contribution in [3.63, 3.8) is 0 Å². The summed E-state index contributed by atoms with van der Waals surface area (Å²) < 4.78 is 2.10. The fraction of sp³-hybridized carbons (Fsp3) is 0.250. The Hall–Kier alpha value is -3.14. The Morgan fingerprint density at radius 2 is 1.68 bits per heavy atom. The summed E-state index contributed by atoms with van der Waals surface area (Å²) in [5.74, 6) is 1.01. The van der Waals surface area contributed by atoms with Gasteiger partial charge in [0, 0.05) is 24.5 Å². The van der Waals surface area contributed by atoms with Gasteiger partial charge in [0.15, 0.2) is 5.65 Å². The van der Waals surface area contributed by atoms with E-state index in [0.29, 0.717) is 0 Å². The first-order valence-corrected chi connectivity index (χ1v) is 9.66. The van der Waals surface area contributed by atoms with Gasteiger partial charge in [0.25, 0.3) is 0 Å². The highest BCUT2D eigenvalue weighted by atomic mass is 15.1. The van der Waals surface area contributed by atoms with Gasteiger partial charge in [0.1, 0.15) is 11.5 Å². The Bertz CT molecular complexity index is 1090. The number of hydrogen-bond acceptors (Lipinski definition) is 3. The summed E-state index contributed by atoms with van der Waals surface area (Å²) in [6, 6.07) is 19.0. The minimum atomic E-state index is 0.135. The first-order chi connectivity index (χ1) is 13.4. The lowest BCUT2D eigenvalue weighted by Gasteiger charge is -2.19. The average Bonchev–Trinajstić information content (AvgIpc) is 3.02. The summed E-state index contributed by atoms with van der Waals surface area (Å²) in [7, 11) is 0. The van der Waals surface area contributed by atoms with Gasteiger partial charge in [-0.1, -0.05) is 75.4 Å². The number of anilines is 1. The minimum absolute atomic E-state index is 0.135. The van der Waals surface area contributed by atoms with Crippen molar-refractivity contribution in [3.05, 3.63) is 83.8 Å². The highest BCUT2D eigenvalue weighted by Gasteiger charge is 2.16. The molecular formula is C24H26N4. The van der Waals surface area contributed by atoms with Gasteiger partial charge in [0.2, 0.25) is 0 Å². The van der Waals surface area contributed by atoms with E-state index >= 15 is 0 Å². The van der Waals surface area contributed by atoms with Gasteiger partial charge >= 0.3 is 0 Å². The molecule has 2 heterocycles. The molecule has 142 valence electrons. The van der Waals surface area contributed by atoms with Crippen LogP contribution in [0, 0.1) is 6.92 Å². The molecule has 1 N–H and O–H groups in total. The molecule has 0 radical (unpaired) electrons. The van der Waals surface area contributed by atoms with Crippen molar-refractivity contribution in [1.29, 1.82) is 0 Å². The highest BCUT2D eigenvalue weighted by Crippen LogP contribution is 2.29. The molecule has 0 amide bonds. The zero-order valence-corrected chi connectivity index (χ0v) is 16.9. The van der Waals surface area contributed by atoms with Gasteiger partial charge in [-0.05, 0) is 23.5 Å². The van der Waals surface area contributed by atoms with Crippen molar-refractivity contribution in [2.45, 2.75) is 39.7 Å². The van der Waals surface area contributed by atoms with Gasteiger partial charge in [-0.2, -0.15) is 0 Å². The minimum Gasteiger partial charge on any atom is -0.366 e. The molecule has 0 saturated heterocycles. The van der Waals surface area contributed by atoms with Crippen LogP contribution >= 0.6 is 0 Å². The van der Waals surface area contributed by atoms with Crippen molar-refractivity contribution >= 4 is 11.5 Å². The van der Waals surface area contributed by atoms with Crippen LogP contribution in [0.25, 0.3) is 16.9 Å². The number of rotatable bonds is 4. The lowest BCUT2D eigenvalue weighted by atomic mass is 9.86. The molecule has 2 aromatic carbocycles. The van der Waals surface area contributed by atoms with E-state index in [1.807, 2.05) is 25.4 Å². The maximum Gasteiger partial charge on any atom is 0.165 e. The van der Waals surface area contributed by atoms with Gasteiger partial charge < -0.3 is 5.32 Å². The van der Waals surface area contributed by atoms with Crippen LogP contribution in [0.4, 0.5) is 5.82 Å². The van der Waals surface area contributed by atoms with Crippen molar-refractivity contribution < 1.29 is 0 Å². The molecule has 2 aromatic heterocycles. The average molecular weight is 371 g/mol. The lowest BCUT2D eigenvalue weighted by molar-refractivity contribution is 0.590. The second-order valence-corrected chi connectivity index (χ2v) is 8.18. The van der Waals surface area contributed by atoms with E-state index in [1.165, 1.54) is 11.1 Å². The SMILES string of the molecule is Cc1nc2c(-c3ccc(C(C)(C)C)cc3)nccn2c1NCc1ccccc1. The van der Waals surface area contributed by atoms with E-state index in [2.05, 4.69) is 84.0 Å². The van der Waals surface area contributed by atoms with E-state index in [1.54, 1.807) is 0 Å². The van der Waals surface area contributed by atoms with E-state index in [4.69, 9.17) is 4.98 Å². The summed E-state index contributed by atoms with van der Waals surface area (Å²) in [6.07, 6.45) is 3.81. The molecular weight excluding hydrogens is 344 g/mol. The third kappa shape index (κ3) is 3.50. The fourth-order valence-corrected chi connectivity index (χ4v) is 3.42. The molecule has 0 aliphatic heterocycles. The first kappa shape index (κ1) is 18.2. The van der Waals surface area contributed by atoms with Crippen LogP contribution in [0.2, 0.25) is 0 Å². The van der Waals surface area contributed by atoms with Crippen LogP contribution < -0.4 is 5.32 Å². The number of imidazole rings is 1. The van der Waals surface area contributed by atoms with Crippen LogP contribution in [-0.2, 0) is 12.0 Å². The van der Waals surface area contributed by atoms with Crippen molar-refractivity contribution in [2.24, 2.45) is 0 Å². The Balaban J connectivity index is 1.70. The van der Waals surface area contributed by atoms with Gasteiger partial charge in [-0.25, -0.2) is 4.98 Å². The molecule has 0 aliphatic rings. The predicted octanol–water partition coefficient (Wildman–Crippen LogP) is 5.61. The van der Waals surface area contributed by atoms with E-state index in [9.17, 15) is 0 Å². The first-order valence-electron chi connectivity index (χ1n) is 9.66. The fourth-order valence-electron chi connectivity index (χ4n) is 3.42. The van der Waals surface area contributed by atoms with Gasteiger partial charge in [-0.3, -0.25) is 9.38 Å². The topological polar surface area (TPSA) is 42.2 Å². The Kier molecular flexibility index (Phi) is 4.63. The molecule has 0 unspecified atom stereocenters. The van der Waals surface area contributed by atoms with Crippen LogP contribution in [0.3, 0.4) is 0 Å². The molecule has 0 bridgehead atoms. The van der Waals surface area contributed by atoms with E-state index < -0.39 is 0 Å². The number of aromatic nitrogens is 3. The lowest BCUT2D eigenvalue weighted by Crippen LogP contribution is -2.10. The summed E-state index contributed by atoms with van der Waals surface area (Å²) in [4.78, 5) is 9.44. The predicted molar refractivity (Wildman–Crippen MR) is 116 cm³/mol. The molecule has 4 rings (SSSR count). The molecule has 4 heteroatoms. The second-order valence-electron chi connectivity index (χ2n) is 8.18. The Morgan fingerprint density at radius 3 is 2.36 bits per heavy atom. The highest BCUT2D eigenvalue weighted by molar-refractivity contribution is 5.76. The number of aryl methyl sites for hydroxylation is 1. The quantitative estimate of drug-likeness (QED) is 0.507. The number of nitrogens with one attached hydrogen (secondary N) is 1. The largest absolute Gasteiger partial charge is 0.366 e. The van der Waals surface area contributed by atoms with Gasteiger partial charge in [0.05, 0.1) is 5.69 Å². The second kappa shape index (κ2) is 7.12. The molecule has 0 saturated carbocycles. The van der Waals surface area contributed by atoms with Gasteiger partial charge in [-0.15, -0.1) is 0 Å². The third-order valence-electron chi connectivity index (χ3n) is 5.04. The number of hydrogen-bond donors (Lipinski definition) is 1. The zero-order chi connectivity index (χ0) is 19.7. The van der Waals surface area contributed by atoms with Crippen LogP contribution in [0.1, 0.15) is 37.6 Å². The summed E-state index contributed by atoms with van der Waals surface area (Å²) in [5.41, 5.74) is 6.51. The molecule has 0 atom stereocenters. The van der Waals surface area contributed by atoms with Crippen LogP contribution in [-0.4, -0.2) is 14.4 Å². The summed E-state index contributed by atoms with van der Waals surface area (Å²) in [5, 5.41) is 3.53. The summed E-state index contributed by atoms with van der Waals surface area (Å²) in [6.45, 7) is 9.47. The molecule has 0 aliphatic carbocycles. The van der Waals surface area contributed by atoms with Crippen molar-refractivity contribution in [1.82, 2.24) is 14.4 Å². The van der Waals surface area contributed by atoms with Crippen molar-refractivity contribution in [2.75, 3.05) is 5.32 Å².